The number of hydrogen-bond donors (Lipinski definition) is 0. The van der Waals surface area contributed by atoms with Gasteiger partial charge in [0.1, 0.15) is 11.2 Å². The normalized spacial score (nSPS) is 11.1. The van der Waals surface area contributed by atoms with E-state index >= 15 is 0 Å². The van der Waals surface area contributed by atoms with Crippen LogP contribution >= 0.6 is 0 Å². The Labute approximate surface area is 154 Å². The van der Waals surface area contributed by atoms with E-state index in [1.54, 1.807) is 18.2 Å². The van der Waals surface area contributed by atoms with Gasteiger partial charge in [-0.15, -0.1) is 0 Å². The maximum Gasteiger partial charge on any atom is 0.375 e. The molecule has 136 valence electrons. The second kappa shape index (κ2) is 7.09. The molecule has 0 unspecified atom stereocenters. The van der Waals surface area contributed by atoms with E-state index in [1.165, 1.54) is 7.11 Å². The van der Waals surface area contributed by atoms with Crippen molar-refractivity contribution in [3.8, 4) is 0 Å². The molecule has 0 saturated carbocycles. The number of hydrogen-bond acceptors (Lipinski definition) is 6. The molecule has 0 fully saturated rings. The van der Waals surface area contributed by atoms with Crippen molar-refractivity contribution in [3.05, 3.63) is 71.7 Å². The van der Waals surface area contributed by atoms with E-state index in [-0.39, 0.29) is 18.1 Å². The van der Waals surface area contributed by atoms with Crippen LogP contribution < -0.4 is 0 Å². The van der Waals surface area contributed by atoms with Crippen LogP contribution in [0.3, 0.4) is 0 Å². The molecule has 27 heavy (non-hydrogen) atoms. The summed E-state index contributed by atoms with van der Waals surface area (Å²) in [5.41, 5.74) is 1.75. The van der Waals surface area contributed by atoms with Crippen LogP contribution in [-0.4, -0.2) is 25.5 Å². The molecular weight excluding hydrogens is 348 g/mol. The highest BCUT2D eigenvalue weighted by molar-refractivity contribution is 6.01. The SMILES string of the molecule is COCc1c(C(=O)OCC(=O)c2cc3ccccc3o2)oc2ccccc12. The Morgan fingerprint density at radius 1 is 0.963 bits per heavy atom. The first kappa shape index (κ1) is 17.1. The monoisotopic (exact) mass is 364 g/mol. The van der Waals surface area contributed by atoms with E-state index in [0.717, 1.165) is 10.8 Å². The molecule has 4 rings (SSSR count). The van der Waals surface area contributed by atoms with Crippen molar-refractivity contribution in [2.45, 2.75) is 6.61 Å². The molecule has 0 aliphatic rings. The number of benzene rings is 2. The number of Topliss-reactive ketones (excluding diaryl/α,β-unsaturated/α-hetero) is 1. The van der Waals surface area contributed by atoms with Crippen molar-refractivity contribution >= 4 is 33.7 Å². The predicted octanol–water partition coefficient (Wildman–Crippen LogP) is 4.37. The number of furan rings is 2. The first-order valence-electron chi connectivity index (χ1n) is 8.35. The molecule has 0 N–H and O–H groups in total. The van der Waals surface area contributed by atoms with E-state index in [2.05, 4.69) is 0 Å². The number of esters is 1. The van der Waals surface area contributed by atoms with Gasteiger partial charge in [-0.2, -0.15) is 0 Å². The second-order valence-corrected chi connectivity index (χ2v) is 5.99. The first-order valence-corrected chi connectivity index (χ1v) is 8.35. The highest BCUT2D eigenvalue weighted by Gasteiger charge is 2.23. The zero-order valence-corrected chi connectivity index (χ0v) is 14.6. The maximum atomic E-state index is 12.5. The third-order valence-corrected chi connectivity index (χ3v) is 4.21. The number of rotatable bonds is 6. The van der Waals surface area contributed by atoms with Gasteiger partial charge in [0, 0.05) is 23.4 Å². The highest BCUT2D eigenvalue weighted by atomic mass is 16.5. The summed E-state index contributed by atoms with van der Waals surface area (Å²) in [5.74, 6) is -0.965. The number of methoxy groups -OCH3 is 1. The van der Waals surface area contributed by atoms with Crippen LogP contribution in [0, 0.1) is 0 Å². The molecule has 4 aromatic rings. The topological polar surface area (TPSA) is 78.9 Å². The van der Waals surface area contributed by atoms with Crippen LogP contribution in [0.15, 0.2) is 63.4 Å². The summed E-state index contributed by atoms with van der Waals surface area (Å²) in [6, 6.07) is 16.2. The molecule has 2 aromatic heterocycles. The smallest absolute Gasteiger partial charge is 0.375 e. The Morgan fingerprint density at radius 2 is 1.70 bits per heavy atom. The van der Waals surface area contributed by atoms with Gasteiger partial charge < -0.3 is 18.3 Å². The first-order chi connectivity index (χ1) is 13.2. The van der Waals surface area contributed by atoms with Gasteiger partial charge in [0.15, 0.2) is 12.4 Å². The summed E-state index contributed by atoms with van der Waals surface area (Å²) in [6.45, 7) is -0.249. The van der Waals surface area contributed by atoms with Crippen molar-refractivity contribution < 1.29 is 27.9 Å². The lowest BCUT2D eigenvalue weighted by molar-refractivity contribution is 0.0435. The molecule has 0 aliphatic carbocycles. The van der Waals surface area contributed by atoms with Crippen LogP contribution in [-0.2, 0) is 16.1 Å². The summed E-state index contributed by atoms with van der Waals surface area (Å²) in [6.07, 6.45) is 0. The molecule has 0 saturated heterocycles. The predicted molar refractivity (Wildman–Crippen MR) is 97.8 cm³/mol. The van der Waals surface area contributed by atoms with Crippen molar-refractivity contribution in [2.24, 2.45) is 0 Å². The van der Waals surface area contributed by atoms with Gasteiger partial charge in [0.25, 0.3) is 0 Å². The Kier molecular flexibility index (Phi) is 4.48. The standard InChI is InChI=1S/C21H16O6/c1-24-11-15-14-7-3-5-9-18(14)27-20(15)21(23)25-12-16(22)19-10-13-6-2-4-8-17(13)26-19/h2-10H,11-12H2,1H3. The number of ketones is 1. The molecule has 6 nitrogen and oxygen atoms in total. The van der Waals surface area contributed by atoms with Crippen LogP contribution in [0.25, 0.3) is 21.9 Å². The second-order valence-electron chi connectivity index (χ2n) is 5.99. The van der Waals surface area contributed by atoms with Gasteiger partial charge in [0.2, 0.25) is 11.5 Å². The minimum Gasteiger partial charge on any atom is -0.453 e. The van der Waals surface area contributed by atoms with Crippen molar-refractivity contribution in [2.75, 3.05) is 13.7 Å². The zero-order chi connectivity index (χ0) is 18.8. The molecule has 0 aliphatic heterocycles. The summed E-state index contributed by atoms with van der Waals surface area (Å²) in [5, 5.41) is 1.58. The highest BCUT2D eigenvalue weighted by Crippen LogP contribution is 2.27. The van der Waals surface area contributed by atoms with Gasteiger partial charge in [-0.05, 0) is 18.2 Å². The lowest BCUT2D eigenvalue weighted by Gasteiger charge is -2.03. The molecule has 2 heterocycles. The fourth-order valence-electron chi connectivity index (χ4n) is 2.94. The molecule has 6 heteroatoms. The summed E-state index contributed by atoms with van der Waals surface area (Å²) in [7, 11) is 1.53. The summed E-state index contributed by atoms with van der Waals surface area (Å²) >= 11 is 0. The molecule has 2 aromatic carbocycles. The number of carbonyl (C=O) groups is 2. The Morgan fingerprint density at radius 3 is 2.48 bits per heavy atom. The number of ether oxygens (including phenoxy) is 2. The van der Waals surface area contributed by atoms with Gasteiger partial charge in [-0.3, -0.25) is 4.79 Å². The van der Waals surface area contributed by atoms with Crippen molar-refractivity contribution in [3.63, 3.8) is 0 Å². The minimum absolute atomic E-state index is 0.0375. The van der Waals surface area contributed by atoms with Crippen molar-refractivity contribution in [1.29, 1.82) is 0 Å². The molecule has 0 amide bonds. The largest absolute Gasteiger partial charge is 0.453 e. The Balaban J connectivity index is 1.53. The number of para-hydroxylation sites is 2. The average molecular weight is 364 g/mol. The van der Waals surface area contributed by atoms with Crippen LogP contribution in [0.5, 0.6) is 0 Å². The minimum atomic E-state index is -0.720. The molecular formula is C21H16O6. The van der Waals surface area contributed by atoms with E-state index < -0.39 is 18.4 Å². The lowest BCUT2D eigenvalue weighted by Crippen LogP contribution is -2.14. The Hall–Kier alpha value is -3.38. The molecule has 0 bridgehead atoms. The van der Waals surface area contributed by atoms with Gasteiger partial charge in [-0.1, -0.05) is 36.4 Å². The van der Waals surface area contributed by atoms with E-state index in [9.17, 15) is 9.59 Å². The van der Waals surface area contributed by atoms with Gasteiger partial charge in [0.05, 0.1) is 6.61 Å². The van der Waals surface area contributed by atoms with Crippen LogP contribution in [0.4, 0.5) is 0 Å². The molecule has 0 atom stereocenters. The number of fused-ring (bicyclic) bond motifs is 2. The fourth-order valence-corrected chi connectivity index (χ4v) is 2.94. The molecule has 0 spiro atoms. The molecule has 0 radical (unpaired) electrons. The van der Waals surface area contributed by atoms with Gasteiger partial charge >= 0.3 is 5.97 Å². The lowest BCUT2D eigenvalue weighted by atomic mass is 10.1. The van der Waals surface area contributed by atoms with Crippen LogP contribution in [0.2, 0.25) is 0 Å². The van der Waals surface area contributed by atoms with E-state index in [1.807, 2.05) is 36.4 Å². The van der Waals surface area contributed by atoms with Crippen molar-refractivity contribution in [1.82, 2.24) is 0 Å². The quantitative estimate of drug-likeness (QED) is 0.373. The van der Waals surface area contributed by atoms with Crippen LogP contribution in [0.1, 0.15) is 26.7 Å². The van der Waals surface area contributed by atoms with E-state index in [4.69, 9.17) is 18.3 Å². The Bertz CT molecular complexity index is 1100. The summed E-state index contributed by atoms with van der Waals surface area (Å²) < 4.78 is 21.4. The fraction of sp³-hybridized carbons (Fsp3) is 0.143. The average Bonchev–Trinajstić information content (AvgIpc) is 3.28. The zero-order valence-electron chi connectivity index (χ0n) is 14.6. The maximum absolute atomic E-state index is 12.5. The van der Waals surface area contributed by atoms with E-state index in [0.29, 0.717) is 16.7 Å². The summed E-state index contributed by atoms with van der Waals surface area (Å²) in [4.78, 5) is 24.8. The third kappa shape index (κ3) is 3.22. The third-order valence-electron chi connectivity index (χ3n) is 4.21. The number of carbonyl (C=O) groups excluding carboxylic acids is 2. The van der Waals surface area contributed by atoms with Gasteiger partial charge in [-0.25, -0.2) is 4.79 Å².